The number of hydrogen-bond donors (Lipinski definition) is 1. The smallest absolute Gasteiger partial charge is 0.264 e. The summed E-state index contributed by atoms with van der Waals surface area (Å²) >= 11 is 6.37. The Morgan fingerprint density at radius 1 is 1.00 bits per heavy atom. The summed E-state index contributed by atoms with van der Waals surface area (Å²) in [5.41, 5.74) is 3.96. The lowest BCUT2D eigenvalue weighted by Crippen LogP contribution is -2.44. The van der Waals surface area contributed by atoms with Crippen LogP contribution in [0.1, 0.15) is 71.3 Å². The fourth-order valence-corrected chi connectivity index (χ4v) is 9.40. The third kappa shape index (κ3) is 8.51. The molecule has 3 aliphatic rings. The van der Waals surface area contributed by atoms with Crippen LogP contribution in [0.5, 0.6) is 5.75 Å². The van der Waals surface area contributed by atoms with Crippen molar-refractivity contribution in [2.24, 2.45) is 17.8 Å². The molecule has 3 aromatic rings. The van der Waals surface area contributed by atoms with E-state index >= 15 is 0 Å². The van der Waals surface area contributed by atoms with Crippen molar-refractivity contribution in [3.05, 3.63) is 106 Å². The molecule has 0 aromatic heterocycles. The summed E-state index contributed by atoms with van der Waals surface area (Å²) in [5.74, 6) is 0.350. The molecule has 49 heavy (non-hydrogen) atoms. The van der Waals surface area contributed by atoms with E-state index in [-0.39, 0.29) is 17.6 Å². The quantitative estimate of drug-likeness (QED) is 0.217. The summed E-state index contributed by atoms with van der Waals surface area (Å²) in [6, 6.07) is 20.3. The van der Waals surface area contributed by atoms with Crippen molar-refractivity contribution in [1.82, 2.24) is 4.72 Å². The molecule has 262 valence electrons. The molecule has 10 heteroatoms. The molecule has 1 fully saturated rings. The van der Waals surface area contributed by atoms with Crippen LogP contribution < -0.4 is 14.4 Å². The van der Waals surface area contributed by atoms with Crippen LogP contribution in [0.3, 0.4) is 0 Å². The number of amides is 1. The van der Waals surface area contributed by atoms with Crippen LogP contribution in [0.4, 0.5) is 5.69 Å². The van der Waals surface area contributed by atoms with Crippen LogP contribution >= 0.6 is 11.6 Å². The van der Waals surface area contributed by atoms with Gasteiger partial charge in [-0.25, -0.2) is 13.1 Å². The number of hydrogen-bond acceptors (Lipinski definition) is 7. The number of methoxy groups -OCH3 is 1. The van der Waals surface area contributed by atoms with Gasteiger partial charge in [-0.05, 0) is 103 Å². The Kier molecular flexibility index (Phi) is 11.7. The zero-order valence-corrected chi connectivity index (χ0v) is 29.9. The Balaban J connectivity index is 1.41. The Morgan fingerprint density at radius 3 is 2.61 bits per heavy atom. The van der Waals surface area contributed by atoms with Crippen molar-refractivity contribution < 1.29 is 27.4 Å². The average Bonchev–Trinajstić information content (AvgIpc) is 3.09. The number of ether oxygens (including phenoxy) is 3. The number of carbonyl (C=O) groups is 1. The maximum Gasteiger partial charge on any atom is 0.264 e. The summed E-state index contributed by atoms with van der Waals surface area (Å²) in [6.45, 7) is 4.79. The van der Waals surface area contributed by atoms with Crippen LogP contribution in [-0.2, 0) is 32.5 Å². The lowest BCUT2D eigenvalue weighted by Gasteiger charge is -2.44. The highest BCUT2D eigenvalue weighted by molar-refractivity contribution is 7.90. The van der Waals surface area contributed by atoms with Gasteiger partial charge in [0.1, 0.15) is 17.6 Å². The van der Waals surface area contributed by atoms with E-state index in [1.807, 2.05) is 55.5 Å². The molecule has 3 aromatic carbocycles. The van der Waals surface area contributed by atoms with Crippen molar-refractivity contribution >= 4 is 33.2 Å². The van der Waals surface area contributed by atoms with Crippen molar-refractivity contribution in [2.75, 3.05) is 38.3 Å². The van der Waals surface area contributed by atoms with E-state index in [9.17, 15) is 13.2 Å². The molecule has 0 spiro atoms. The summed E-state index contributed by atoms with van der Waals surface area (Å²) in [4.78, 5) is 16.1. The van der Waals surface area contributed by atoms with Gasteiger partial charge in [-0.1, -0.05) is 67.1 Å². The van der Waals surface area contributed by atoms with Crippen molar-refractivity contribution in [2.45, 2.75) is 63.4 Å². The van der Waals surface area contributed by atoms with Gasteiger partial charge in [0.05, 0.1) is 25.0 Å². The molecule has 2 aliphatic heterocycles. The van der Waals surface area contributed by atoms with E-state index in [4.69, 9.17) is 25.8 Å². The van der Waals surface area contributed by atoms with Gasteiger partial charge in [-0.2, -0.15) is 0 Å². The highest BCUT2D eigenvalue weighted by atomic mass is 35.5. The third-order valence-electron chi connectivity index (χ3n) is 10.2. The second-order valence-corrected chi connectivity index (χ2v) is 15.8. The first-order valence-electron chi connectivity index (χ1n) is 17.4. The van der Waals surface area contributed by atoms with Gasteiger partial charge < -0.3 is 19.1 Å². The number of nitrogens with zero attached hydrogens (tertiary/aromatic N) is 1. The van der Waals surface area contributed by atoms with Crippen molar-refractivity contribution in [1.29, 1.82) is 0 Å². The molecular weight excluding hydrogens is 660 g/mol. The second kappa shape index (κ2) is 16.1. The number of aryl methyl sites for hydroxylation is 1. The van der Waals surface area contributed by atoms with E-state index in [1.54, 1.807) is 25.3 Å². The number of anilines is 1. The molecule has 0 saturated heterocycles. The van der Waals surface area contributed by atoms with Crippen LogP contribution in [-0.4, -0.2) is 53.8 Å². The number of rotatable bonds is 5. The second-order valence-electron chi connectivity index (χ2n) is 13.6. The number of benzene rings is 3. The molecule has 8 nitrogen and oxygen atoms in total. The lowest BCUT2D eigenvalue weighted by atomic mass is 9.70. The topological polar surface area (TPSA) is 94.2 Å². The molecular formula is C39H47ClN2O6S. The predicted octanol–water partition coefficient (Wildman–Crippen LogP) is 7.52. The Morgan fingerprint density at radius 2 is 1.84 bits per heavy atom. The number of nitrogens with one attached hydrogen (secondary N) is 1. The number of allylic oxidation sites excluding steroid dienone is 1. The Hall–Kier alpha value is -3.37. The van der Waals surface area contributed by atoms with Crippen LogP contribution in [0.2, 0.25) is 5.02 Å². The van der Waals surface area contributed by atoms with E-state index in [1.165, 1.54) is 5.56 Å². The molecule has 0 radical (unpaired) electrons. The normalized spacial score (nSPS) is 26.5. The number of halogens is 1. The maximum atomic E-state index is 14.1. The molecule has 1 N–H and O–H groups in total. The standard InChI is InChI=1S/C39H47ClN2O6S/c1-27-9-8-13-36(47-22-21-46-2)34-18-15-31(34)25-42-20-7-6-12-29-23-33(40)17-14-32(29)26-48-37-19-16-30(24-35(37)42)39(43)41-49(44,45)38(27)28-10-4-3-5-11-28/h3-5,8,10-11,13-14,16-17,19,23-24,27,31,34,36,38H,6-7,9,12,15,18,20-22,25-26H2,1-2H3,(H,41,43)/b13-8+/t27-,31?,34?,36-,38+/m0/s1. The van der Waals surface area contributed by atoms with Gasteiger partial charge in [-0.3, -0.25) is 4.79 Å². The maximum absolute atomic E-state index is 14.1. The highest BCUT2D eigenvalue weighted by Gasteiger charge is 2.39. The monoisotopic (exact) mass is 706 g/mol. The lowest BCUT2D eigenvalue weighted by molar-refractivity contribution is -0.0308. The Labute approximate surface area is 295 Å². The molecule has 2 unspecified atom stereocenters. The predicted molar refractivity (Wildman–Crippen MR) is 194 cm³/mol. The van der Waals surface area contributed by atoms with E-state index in [0.717, 1.165) is 56.4 Å². The Bertz CT molecular complexity index is 1730. The number of sulfonamides is 1. The zero-order chi connectivity index (χ0) is 34.4. The summed E-state index contributed by atoms with van der Waals surface area (Å²) in [7, 11) is -2.46. The molecule has 2 bridgehead atoms. The minimum Gasteiger partial charge on any atom is -0.487 e. The van der Waals surface area contributed by atoms with E-state index < -0.39 is 21.2 Å². The first-order valence-corrected chi connectivity index (χ1v) is 19.3. The average molecular weight is 707 g/mol. The molecule has 6 rings (SSSR count). The van der Waals surface area contributed by atoms with Gasteiger partial charge in [0.25, 0.3) is 5.91 Å². The molecule has 1 aliphatic carbocycles. The molecule has 2 heterocycles. The first-order chi connectivity index (χ1) is 23.7. The van der Waals surface area contributed by atoms with E-state index in [2.05, 4.69) is 21.8 Å². The fourth-order valence-electron chi connectivity index (χ4n) is 7.46. The van der Waals surface area contributed by atoms with Crippen molar-refractivity contribution in [3.8, 4) is 5.75 Å². The minimum atomic E-state index is -4.13. The molecule has 5 atom stereocenters. The van der Waals surface area contributed by atoms with Crippen LogP contribution in [0, 0.1) is 17.8 Å². The number of fused-ring (bicyclic) bond motifs is 3. The summed E-state index contributed by atoms with van der Waals surface area (Å²) in [6.07, 6.45) is 9.46. The largest absolute Gasteiger partial charge is 0.487 e. The zero-order valence-electron chi connectivity index (χ0n) is 28.4. The van der Waals surface area contributed by atoms with Crippen molar-refractivity contribution in [3.63, 3.8) is 0 Å². The van der Waals surface area contributed by atoms with Gasteiger partial charge in [0.2, 0.25) is 10.0 Å². The van der Waals surface area contributed by atoms with Crippen LogP contribution in [0.25, 0.3) is 0 Å². The fraction of sp³-hybridized carbons (Fsp3) is 0.462. The molecule has 1 amide bonds. The van der Waals surface area contributed by atoms with Gasteiger partial charge in [0.15, 0.2) is 0 Å². The highest BCUT2D eigenvalue weighted by Crippen LogP contribution is 2.42. The number of carbonyl (C=O) groups excluding carboxylic acids is 1. The van der Waals surface area contributed by atoms with Crippen LogP contribution in [0.15, 0.2) is 78.9 Å². The summed E-state index contributed by atoms with van der Waals surface area (Å²) in [5, 5.41) is -0.227. The molecule has 1 saturated carbocycles. The van der Waals surface area contributed by atoms with E-state index in [0.29, 0.717) is 54.4 Å². The SMILES string of the molecule is COCCO[C@H]1/C=C/C[C@H](C)[C@H](c2ccccc2)S(=O)(=O)NC(=O)c2ccc3c(c2)N(CCCCc2cc(Cl)ccc2CO3)CC2CCC21. The minimum absolute atomic E-state index is 0.120. The van der Waals surface area contributed by atoms with Gasteiger partial charge in [0, 0.05) is 30.8 Å². The summed E-state index contributed by atoms with van der Waals surface area (Å²) < 4.78 is 48.8. The van der Waals surface area contributed by atoms with Gasteiger partial charge in [-0.15, -0.1) is 0 Å². The third-order valence-corrected chi connectivity index (χ3v) is 12.3. The van der Waals surface area contributed by atoms with Gasteiger partial charge >= 0.3 is 0 Å². The first kappa shape index (κ1) is 35.5.